The SMILES string of the molecule is Cc1ccc(F)cc1NCc1cccnc1C#N. The fourth-order valence-electron chi connectivity index (χ4n) is 1.66. The Bertz CT molecular complexity index is 602. The molecule has 90 valence electrons. The standard InChI is InChI=1S/C14H12FN3/c1-10-4-5-12(15)7-13(10)18-9-11-3-2-6-17-14(11)8-16/h2-7,18H,9H2,1H3. The molecule has 0 bridgehead atoms. The Hall–Kier alpha value is -2.41. The third-order valence-electron chi connectivity index (χ3n) is 2.67. The Labute approximate surface area is 105 Å². The van der Waals surface area contributed by atoms with Crippen LogP contribution in [-0.2, 0) is 6.54 Å². The van der Waals surface area contributed by atoms with E-state index in [9.17, 15) is 4.39 Å². The predicted octanol–water partition coefficient (Wildman–Crippen LogP) is 3.01. The molecule has 18 heavy (non-hydrogen) atoms. The number of nitriles is 1. The van der Waals surface area contributed by atoms with Gasteiger partial charge in [-0.05, 0) is 30.7 Å². The quantitative estimate of drug-likeness (QED) is 0.898. The van der Waals surface area contributed by atoms with Crippen molar-refractivity contribution in [3.8, 4) is 6.07 Å². The summed E-state index contributed by atoms with van der Waals surface area (Å²) in [4.78, 5) is 3.97. The van der Waals surface area contributed by atoms with Crippen molar-refractivity contribution in [2.45, 2.75) is 13.5 Å². The Morgan fingerprint density at radius 3 is 3.00 bits per heavy atom. The molecule has 0 saturated carbocycles. The van der Waals surface area contributed by atoms with Crippen LogP contribution in [0, 0.1) is 24.1 Å². The first-order valence-electron chi connectivity index (χ1n) is 5.54. The lowest BCUT2D eigenvalue weighted by Gasteiger charge is -2.10. The van der Waals surface area contributed by atoms with E-state index in [-0.39, 0.29) is 5.82 Å². The minimum atomic E-state index is -0.283. The van der Waals surface area contributed by atoms with Crippen LogP contribution in [0.25, 0.3) is 0 Å². The minimum absolute atomic E-state index is 0.283. The summed E-state index contributed by atoms with van der Waals surface area (Å²) in [5.41, 5.74) is 2.87. The van der Waals surface area contributed by atoms with E-state index < -0.39 is 0 Å². The number of anilines is 1. The molecule has 0 aliphatic heterocycles. The van der Waals surface area contributed by atoms with Crippen LogP contribution < -0.4 is 5.32 Å². The first kappa shape index (κ1) is 12.1. The fourth-order valence-corrected chi connectivity index (χ4v) is 1.66. The van der Waals surface area contributed by atoms with E-state index >= 15 is 0 Å². The first-order valence-corrected chi connectivity index (χ1v) is 5.54. The van der Waals surface area contributed by atoms with Crippen molar-refractivity contribution in [3.05, 3.63) is 59.2 Å². The van der Waals surface area contributed by atoms with Crippen LogP contribution in [-0.4, -0.2) is 4.98 Å². The van der Waals surface area contributed by atoms with Gasteiger partial charge in [-0.2, -0.15) is 5.26 Å². The molecule has 1 heterocycles. The summed E-state index contributed by atoms with van der Waals surface area (Å²) < 4.78 is 13.1. The van der Waals surface area contributed by atoms with Gasteiger partial charge in [-0.1, -0.05) is 12.1 Å². The van der Waals surface area contributed by atoms with Crippen molar-refractivity contribution in [2.24, 2.45) is 0 Å². The summed E-state index contributed by atoms with van der Waals surface area (Å²) in [5.74, 6) is -0.283. The zero-order chi connectivity index (χ0) is 13.0. The van der Waals surface area contributed by atoms with Crippen molar-refractivity contribution >= 4 is 5.69 Å². The Kier molecular flexibility index (Phi) is 3.54. The molecule has 3 nitrogen and oxygen atoms in total. The molecular weight excluding hydrogens is 229 g/mol. The molecule has 0 amide bonds. The third kappa shape index (κ3) is 2.64. The van der Waals surface area contributed by atoms with Gasteiger partial charge in [-0.3, -0.25) is 0 Å². The Morgan fingerprint density at radius 2 is 2.22 bits per heavy atom. The average molecular weight is 241 g/mol. The van der Waals surface area contributed by atoms with E-state index in [0.29, 0.717) is 12.2 Å². The summed E-state index contributed by atoms with van der Waals surface area (Å²) in [7, 11) is 0. The maximum absolute atomic E-state index is 13.1. The van der Waals surface area contributed by atoms with Gasteiger partial charge in [0.25, 0.3) is 0 Å². The third-order valence-corrected chi connectivity index (χ3v) is 2.67. The highest BCUT2D eigenvalue weighted by molar-refractivity contribution is 5.51. The fraction of sp³-hybridized carbons (Fsp3) is 0.143. The van der Waals surface area contributed by atoms with Crippen molar-refractivity contribution < 1.29 is 4.39 Å². The van der Waals surface area contributed by atoms with Crippen molar-refractivity contribution in [2.75, 3.05) is 5.32 Å². The average Bonchev–Trinajstić information content (AvgIpc) is 2.40. The van der Waals surface area contributed by atoms with Gasteiger partial charge in [0.1, 0.15) is 17.6 Å². The van der Waals surface area contributed by atoms with Crippen molar-refractivity contribution in [1.29, 1.82) is 5.26 Å². The topological polar surface area (TPSA) is 48.7 Å². The molecule has 0 spiro atoms. The van der Waals surface area contributed by atoms with Gasteiger partial charge in [0.2, 0.25) is 0 Å². The maximum Gasteiger partial charge on any atom is 0.145 e. The van der Waals surface area contributed by atoms with Crippen LogP contribution in [0.2, 0.25) is 0 Å². The van der Waals surface area contributed by atoms with Gasteiger partial charge in [0.05, 0.1) is 0 Å². The molecule has 0 fully saturated rings. The second-order valence-electron chi connectivity index (χ2n) is 3.94. The maximum atomic E-state index is 13.1. The molecule has 2 aromatic rings. The minimum Gasteiger partial charge on any atom is -0.381 e. The van der Waals surface area contributed by atoms with Crippen LogP contribution in [0.3, 0.4) is 0 Å². The van der Waals surface area contributed by atoms with E-state index in [4.69, 9.17) is 5.26 Å². The second-order valence-corrected chi connectivity index (χ2v) is 3.94. The van der Waals surface area contributed by atoms with Gasteiger partial charge < -0.3 is 5.32 Å². The highest BCUT2D eigenvalue weighted by atomic mass is 19.1. The van der Waals surface area contributed by atoms with Gasteiger partial charge in [-0.15, -0.1) is 0 Å². The molecule has 2 rings (SSSR count). The van der Waals surface area contributed by atoms with Crippen LogP contribution in [0.15, 0.2) is 36.5 Å². The lowest BCUT2D eigenvalue weighted by atomic mass is 10.1. The molecule has 0 atom stereocenters. The lowest BCUT2D eigenvalue weighted by Crippen LogP contribution is -2.04. The van der Waals surface area contributed by atoms with Crippen LogP contribution in [0.1, 0.15) is 16.8 Å². The largest absolute Gasteiger partial charge is 0.381 e. The van der Waals surface area contributed by atoms with Crippen molar-refractivity contribution in [3.63, 3.8) is 0 Å². The summed E-state index contributed by atoms with van der Waals surface area (Å²) in [6, 6.07) is 10.2. The molecular formula is C14H12FN3. The lowest BCUT2D eigenvalue weighted by molar-refractivity contribution is 0.628. The highest BCUT2D eigenvalue weighted by Gasteiger charge is 2.04. The van der Waals surface area contributed by atoms with E-state index in [1.165, 1.54) is 12.1 Å². The Morgan fingerprint density at radius 1 is 1.39 bits per heavy atom. The molecule has 4 heteroatoms. The second kappa shape index (κ2) is 5.28. The normalized spacial score (nSPS) is 9.83. The molecule has 0 aliphatic rings. The number of aromatic nitrogens is 1. The number of benzene rings is 1. The van der Waals surface area contributed by atoms with Crippen molar-refractivity contribution in [1.82, 2.24) is 4.98 Å². The molecule has 0 unspecified atom stereocenters. The van der Waals surface area contributed by atoms with Crippen LogP contribution >= 0.6 is 0 Å². The first-order chi connectivity index (χ1) is 8.70. The van der Waals surface area contributed by atoms with Gasteiger partial charge >= 0.3 is 0 Å². The summed E-state index contributed by atoms with van der Waals surface area (Å²) in [6.45, 7) is 2.34. The number of nitrogens with zero attached hydrogens (tertiary/aromatic N) is 2. The number of pyridine rings is 1. The number of rotatable bonds is 3. The number of nitrogens with one attached hydrogen (secondary N) is 1. The summed E-state index contributed by atoms with van der Waals surface area (Å²) >= 11 is 0. The monoisotopic (exact) mass is 241 g/mol. The van der Waals surface area contributed by atoms with E-state index in [1.807, 2.05) is 19.1 Å². The molecule has 0 radical (unpaired) electrons. The zero-order valence-corrected chi connectivity index (χ0v) is 9.94. The van der Waals surface area contributed by atoms with E-state index in [0.717, 1.165) is 16.8 Å². The predicted molar refractivity (Wildman–Crippen MR) is 67.4 cm³/mol. The van der Waals surface area contributed by atoms with E-state index in [1.54, 1.807) is 18.3 Å². The molecule has 1 N–H and O–H groups in total. The number of hydrogen-bond acceptors (Lipinski definition) is 3. The summed E-state index contributed by atoms with van der Waals surface area (Å²) in [5, 5.41) is 12.0. The highest BCUT2D eigenvalue weighted by Crippen LogP contribution is 2.17. The molecule has 0 saturated heterocycles. The number of aryl methyl sites for hydroxylation is 1. The summed E-state index contributed by atoms with van der Waals surface area (Å²) in [6.07, 6.45) is 1.58. The van der Waals surface area contributed by atoms with Gasteiger partial charge in [-0.25, -0.2) is 9.37 Å². The number of halogens is 1. The smallest absolute Gasteiger partial charge is 0.145 e. The van der Waals surface area contributed by atoms with Gasteiger partial charge in [0.15, 0.2) is 0 Å². The molecule has 1 aromatic carbocycles. The van der Waals surface area contributed by atoms with Gasteiger partial charge in [0, 0.05) is 24.0 Å². The number of hydrogen-bond donors (Lipinski definition) is 1. The zero-order valence-electron chi connectivity index (χ0n) is 9.94. The Balaban J connectivity index is 2.17. The van der Waals surface area contributed by atoms with E-state index in [2.05, 4.69) is 10.3 Å². The molecule has 0 aliphatic carbocycles. The van der Waals surface area contributed by atoms with Crippen LogP contribution in [0.4, 0.5) is 10.1 Å². The van der Waals surface area contributed by atoms with Crippen LogP contribution in [0.5, 0.6) is 0 Å². The molecule has 1 aromatic heterocycles.